The molecule has 3 aromatic rings. The number of amides is 1. The summed E-state index contributed by atoms with van der Waals surface area (Å²) in [6.45, 7) is -0.361. The van der Waals surface area contributed by atoms with Crippen molar-refractivity contribution in [2.45, 2.75) is 31.7 Å². The zero-order chi connectivity index (χ0) is 23.4. The highest BCUT2D eigenvalue weighted by Crippen LogP contribution is 2.30. The Kier molecular flexibility index (Phi) is 7.01. The van der Waals surface area contributed by atoms with E-state index in [0.29, 0.717) is 21.8 Å². The molecule has 1 unspecified atom stereocenters. The minimum atomic E-state index is -0.726. The van der Waals surface area contributed by atoms with Crippen LogP contribution in [0.3, 0.4) is 0 Å². The molecule has 1 aliphatic carbocycles. The normalized spacial score (nSPS) is 14.5. The number of carbonyl (C=O) groups excluding carboxylic acids is 1. The van der Waals surface area contributed by atoms with Gasteiger partial charge in [-0.25, -0.2) is 14.4 Å². The Hall–Kier alpha value is -3.29. The van der Waals surface area contributed by atoms with E-state index in [9.17, 15) is 14.3 Å². The quantitative estimate of drug-likeness (QED) is 0.477. The van der Waals surface area contributed by atoms with Crippen LogP contribution in [0, 0.1) is 5.82 Å². The van der Waals surface area contributed by atoms with E-state index in [1.807, 2.05) is 0 Å². The van der Waals surface area contributed by atoms with Crippen LogP contribution in [-0.2, 0) is 0 Å². The number of aliphatic hydroxyl groups is 1. The number of hydrogen-bond donors (Lipinski definition) is 3. The summed E-state index contributed by atoms with van der Waals surface area (Å²) in [7, 11) is 0. The summed E-state index contributed by atoms with van der Waals surface area (Å²) in [5, 5.41) is 12.8. The van der Waals surface area contributed by atoms with Gasteiger partial charge in [-0.1, -0.05) is 35.9 Å². The molecular weight excluding hydrogens is 443 g/mol. The van der Waals surface area contributed by atoms with Crippen LogP contribution in [0.25, 0.3) is 16.8 Å². The third kappa shape index (κ3) is 5.21. The van der Waals surface area contributed by atoms with Gasteiger partial charge in [0.15, 0.2) is 0 Å². The van der Waals surface area contributed by atoms with Gasteiger partial charge in [0.1, 0.15) is 17.3 Å². The van der Waals surface area contributed by atoms with E-state index < -0.39 is 17.8 Å². The molecule has 0 radical (unpaired) electrons. The predicted molar refractivity (Wildman–Crippen MR) is 127 cm³/mol. The van der Waals surface area contributed by atoms with Crippen LogP contribution in [0.5, 0.6) is 0 Å². The minimum absolute atomic E-state index is 0.156. The monoisotopic (exact) mass is 466 g/mol. The molecule has 8 heteroatoms. The fraction of sp³-hybridized carbons (Fsp3) is 0.240. The molecule has 1 amide bonds. The molecule has 33 heavy (non-hydrogen) atoms. The van der Waals surface area contributed by atoms with Crippen molar-refractivity contribution in [3.05, 3.63) is 82.4 Å². The Balaban J connectivity index is 1.58. The highest BCUT2D eigenvalue weighted by atomic mass is 35.5. The first kappa shape index (κ1) is 22.9. The third-order valence-corrected chi connectivity index (χ3v) is 5.88. The van der Waals surface area contributed by atoms with E-state index >= 15 is 0 Å². The first-order valence-corrected chi connectivity index (χ1v) is 11.1. The number of nitrogens with zero attached hydrogens (tertiary/aromatic N) is 2. The molecule has 6 nitrogen and oxygen atoms in total. The molecule has 0 saturated carbocycles. The maximum Gasteiger partial charge on any atom is 0.254 e. The van der Waals surface area contributed by atoms with Gasteiger partial charge < -0.3 is 16.2 Å². The van der Waals surface area contributed by atoms with Crippen molar-refractivity contribution in [1.29, 1.82) is 0 Å². The van der Waals surface area contributed by atoms with E-state index in [4.69, 9.17) is 17.3 Å². The molecule has 170 valence electrons. The molecule has 1 atom stereocenters. The summed E-state index contributed by atoms with van der Waals surface area (Å²) in [5.41, 5.74) is 9.14. The van der Waals surface area contributed by atoms with E-state index in [1.165, 1.54) is 12.1 Å². The number of benzene rings is 2. The number of nitrogen functional groups attached to an aromatic ring is 1. The van der Waals surface area contributed by atoms with E-state index in [-0.39, 0.29) is 18.0 Å². The van der Waals surface area contributed by atoms with Crippen molar-refractivity contribution in [2.24, 2.45) is 0 Å². The molecule has 4 rings (SSSR count). The Morgan fingerprint density at radius 3 is 2.79 bits per heavy atom. The van der Waals surface area contributed by atoms with Crippen LogP contribution in [0.2, 0.25) is 5.02 Å². The van der Waals surface area contributed by atoms with Gasteiger partial charge in [-0.05, 0) is 61.1 Å². The minimum Gasteiger partial charge on any atom is -0.394 e. The first-order valence-electron chi connectivity index (χ1n) is 10.8. The lowest BCUT2D eigenvalue weighted by Gasteiger charge is -2.17. The van der Waals surface area contributed by atoms with Crippen molar-refractivity contribution in [3.63, 3.8) is 0 Å². The second-order valence-electron chi connectivity index (χ2n) is 7.92. The average Bonchev–Trinajstić information content (AvgIpc) is 2.83. The van der Waals surface area contributed by atoms with Crippen LogP contribution < -0.4 is 11.1 Å². The van der Waals surface area contributed by atoms with Gasteiger partial charge in [0.25, 0.3) is 5.91 Å². The number of carbonyl (C=O) groups is 1. The van der Waals surface area contributed by atoms with Crippen LogP contribution >= 0.6 is 11.6 Å². The van der Waals surface area contributed by atoms with Crippen LogP contribution in [0.1, 0.15) is 53.3 Å². The second-order valence-corrected chi connectivity index (χ2v) is 8.36. The summed E-state index contributed by atoms with van der Waals surface area (Å²) in [5.74, 6) is -1.19. The Labute approximate surface area is 196 Å². The van der Waals surface area contributed by atoms with Gasteiger partial charge in [0, 0.05) is 10.6 Å². The molecule has 0 spiro atoms. The maximum atomic E-state index is 14.9. The van der Waals surface area contributed by atoms with E-state index in [0.717, 1.165) is 37.0 Å². The summed E-state index contributed by atoms with van der Waals surface area (Å²) in [6, 6.07) is 10.2. The van der Waals surface area contributed by atoms with Gasteiger partial charge in [-0.15, -0.1) is 0 Å². The van der Waals surface area contributed by atoms with Crippen molar-refractivity contribution in [3.8, 4) is 11.3 Å². The number of hydrogen-bond acceptors (Lipinski definition) is 5. The zero-order valence-corrected chi connectivity index (χ0v) is 18.6. The number of allylic oxidation sites excluding steroid dienone is 2. The van der Waals surface area contributed by atoms with Crippen LogP contribution in [0.4, 0.5) is 10.2 Å². The van der Waals surface area contributed by atoms with E-state index in [1.54, 1.807) is 36.5 Å². The smallest absolute Gasteiger partial charge is 0.254 e. The summed E-state index contributed by atoms with van der Waals surface area (Å²) in [6.07, 6.45) is 7.96. The molecule has 1 aliphatic rings. The predicted octanol–water partition coefficient (Wildman–Crippen LogP) is 4.94. The van der Waals surface area contributed by atoms with Crippen molar-refractivity contribution in [1.82, 2.24) is 15.3 Å². The van der Waals surface area contributed by atoms with Crippen LogP contribution in [0.15, 0.2) is 54.7 Å². The molecule has 2 aromatic carbocycles. The lowest BCUT2D eigenvalue weighted by Crippen LogP contribution is -2.31. The Morgan fingerprint density at radius 2 is 2.09 bits per heavy atom. The summed E-state index contributed by atoms with van der Waals surface area (Å²) in [4.78, 5) is 21.6. The number of nitrogens with two attached hydrogens (primary N) is 1. The van der Waals surface area contributed by atoms with Gasteiger partial charge in [-0.3, -0.25) is 4.79 Å². The van der Waals surface area contributed by atoms with Gasteiger partial charge in [0.05, 0.1) is 30.1 Å². The number of nitrogens with one attached hydrogen (secondary N) is 1. The van der Waals surface area contributed by atoms with E-state index in [2.05, 4.69) is 21.4 Å². The lowest BCUT2D eigenvalue weighted by atomic mass is 9.97. The maximum absolute atomic E-state index is 14.9. The number of aliphatic hydroxyl groups excluding tert-OH is 1. The van der Waals surface area contributed by atoms with Gasteiger partial charge >= 0.3 is 0 Å². The standard InChI is InChI=1S/C25H24ClFN4O2/c26-18-8-4-7-16(11-18)22(14-32)31-25(33)19-10-9-17(12-20(19)27)23-24(28)29-13-21(30-23)15-5-2-1-3-6-15/h4-5,7-13,22,32H,1-3,6,14H2,(H2,28,29)(H,31,33). The summed E-state index contributed by atoms with van der Waals surface area (Å²) >= 11 is 5.99. The molecule has 1 heterocycles. The van der Waals surface area contributed by atoms with Gasteiger partial charge in [-0.2, -0.15) is 0 Å². The lowest BCUT2D eigenvalue weighted by molar-refractivity contribution is 0.0912. The first-order chi connectivity index (χ1) is 16.0. The number of anilines is 1. The average molecular weight is 467 g/mol. The molecule has 4 N–H and O–H groups in total. The van der Waals surface area contributed by atoms with Gasteiger partial charge in [0.2, 0.25) is 0 Å². The molecule has 0 fully saturated rings. The molecular formula is C25H24ClFN4O2. The largest absolute Gasteiger partial charge is 0.394 e. The zero-order valence-electron chi connectivity index (χ0n) is 17.9. The van der Waals surface area contributed by atoms with Crippen molar-refractivity contribution in [2.75, 3.05) is 12.3 Å². The highest BCUT2D eigenvalue weighted by Gasteiger charge is 2.20. The summed E-state index contributed by atoms with van der Waals surface area (Å²) < 4.78 is 14.9. The third-order valence-electron chi connectivity index (χ3n) is 5.65. The number of aromatic nitrogens is 2. The Bertz CT molecular complexity index is 1210. The fourth-order valence-corrected chi connectivity index (χ4v) is 4.08. The molecule has 0 bridgehead atoms. The Morgan fingerprint density at radius 1 is 1.24 bits per heavy atom. The van der Waals surface area contributed by atoms with Crippen molar-refractivity contribution >= 4 is 28.9 Å². The topological polar surface area (TPSA) is 101 Å². The fourth-order valence-electron chi connectivity index (χ4n) is 3.88. The SMILES string of the molecule is Nc1ncc(C2=CCCCC2)nc1-c1ccc(C(=O)NC(CO)c2cccc(Cl)c2)c(F)c1. The molecule has 1 aromatic heterocycles. The second kappa shape index (κ2) is 10.1. The van der Waals surface area contributed by atoms with Crippen molar-refractivity contribution < 1.29 is 14.3 Å². The molecule has 0 aliphatic heterocycles. The molecule has 0 saturated heterocycles. The van der Waals surface area contributed by atoms with Crippen LogP contribution in [-0.4, -0.2) is 27.6 Å². The highest BCUT2D eigenvalue weighted by molar-refractivity contribution is 6.30. The number of halogens is 2. The number of rotatable bonds is 6.